The number of aryl methyl sites for hydroxylation is 1. The molecule has 0 aromatic heterocycles. The molecule has 0 saturated heterocycles. The molecule has 1 aliphatic carbocycles. The van der Waals surface area contributed by atoms with Gasteiger partial charge < -0.3 is 10.4 Å². The van der Waals surface area contributed by atoms with Gasteiger partial charge in [0.05, 0.1) is 0 Å². The van der Waals surface area contributed by atoms with Crippen LogP contribution in [0, 0.1) is 5.41 Å². The van der Waals surface area contributed by atoms with Crippen LogP contribution in [0.2, 0.25) is 5.02 Å². The molecule has 3 heteroatoms. The van der Waals surface area contributed by atoms with Crippen molar-refractivity contribution in [2.45, 2.75) is 45.6 Å². The quantitative estimate of drug-likeness (QED) is 0.833. The zero-order chi connectivity index (χ0) is 13.9. The summed E-state index contributed by atoms with van der Waals surface area (Å²) >= 11 is 6.03. The molecule has 2 N–H and O–H groups in total. The smallest absolute Gasteiger partial charge is 0.0431 e. The lowest BCUT2D eigenvalue weighted by Gasteiger charge is -2.27. The summed E-state index contributed by atoms with van der Waals surface area (Å²) in [6, 6.07) is 6.69. The van der Waals surface area contributed by atoms with Gasteiger partial charge in [-0.1, -0.05) is 31.5 Å². The molecule has 0 fully saturated rings. The van der Waals surface area contributed by atoms with Crippen molar-refractivity contribution in [3.8, 4) is 0 Å². The Morgan fingerprint density at radius 1 is 1.42 bits per heavy atom. The number of hydrogen-bond donors (Lipinski definition) is 2. The Hall–Kier alpha value is -0.570. The minimum Gasteiger partial charge on any atom is -0.396 e. The van der Waals surface area contributed by atoms with E-state index in [1.54, 1.807) is 0 Å². The number of nitrogens with one attached hydrogen (secondary N) is 1. The Morgan fingerprint density at radius 2 is 2.21 bits per heavy atom. The standard InChI is InChI=1S/C16H24ClNO/c1-16(2,8-3-9-19)11-18-15-7-4-12-10-13(17)5-6-14(12)15/h5-6,10,15,18-19H,3-4,7-9,11H2,1-2H3. The largest absolute Gasteiger partial charge is 0.396 e. The van der Waals surface area contributed by atoms with Crippen LogP contribution >= 0.6 is 11.6 Å². The molecular weight excluding hydrogens is 258 g/mol. The Morgan fingerprint density at radius 3 is 2.95 bits per heavy atom. The highest BCUT2D eigenvalue weighted by molar-refractivity contribution is 6.30. The fourth-order valence-electron chi connectivity index (χ4n) is 2.84. The van der Waals surface area contributed by atoms with Crippen molar-refractivity contribution in [1.29, 1.82) is 0 Å². The normalized spacial score (nSPS) is 18.6. The number of fused-ring (bicyclic) bond motifs is 1. The first-order valence-electron chi connectivity index (χ1n) is 7.14. The number of hydrogen-bond acceptors (Lipinski definition) is 2. The molecule has 2 rings (SSSR count). The lowest BCUT2D eigenvalue weighted by molar-refractivity contribution is 0.231. The second kappa shape index (κ2) is 6.25. The molecular formula is C16H24ClNO. The van der Waals surface area contributed by atoms with Crippen molar-refractivity contribution in [3.63, 3.8) is 0 Å². The summed E-state index contributed by atoms with van der Waals surface area (Å²) in [5, 5.41) is 13.5. The zero-order valence-electron chi connectivity index (χ0n) is 11.9. The van der Waals surface area contributed by atoms with Crippen LogP contribution in [0.1, 0.15) is 50.3 Å². The lowest BCUT2D eigenvalue weighted by Crippen LogP contribution is -2.31. The van der Waals surface area contributed by atoms with Crippen molar-refractivity contribution in [3.05, 3.63) is 34.3 Å². The van der Waals surface area contributed by atoms with E-state index < -0.39 is 0 Å². The molecule has 2 nitrogen and oxygen atoms in total. The summed E-state index contributed by atoms with van der Waals surface area (Å²) in [6.45, 7) is 5.79. The summed E-state index contributed by atoms with van der Waals surface area (Å²) in [4.78, 5) is 0. The molecule has 1 aliphatic rings. The van der Waals surface area contributed by atoms with E-state index in [4.69, 9.17) is 16.7 Å². The summed E-state index contributed by atoms with van der Waals surface area (Å²) < 4.78 is 0. The van der Waals surface area contributed by atoms with Crippen LogP contribution in [0.5, 0.6) is 0 Å². The van der Waals surface area contributed by atoms with Gasteiger partial charge in [0.25, 0.3) is 0 Å². The van der Waals surface area contributed by atoms with Crippen LogP contribution in [-0.2, 0) is 6.42 Å². The molecule has 0 aliphatic heterocycles. The first-order chi connectivity index (χ1) is 9.02. The van der Waals surface area contributed by atoms with Crippen LogP contribution in [0.25, 0.3) is 0 Å². The predicted octanol–water partition coefficient (Wildman–Crippen LogP) is 3.72. The van der Waals surface area contributed by atoms with Gasteiger partial charge in [0.15, 0.2) is 0 Å². The molecule has 0 bridgehead atoms. The summed E-state index contributed by atoms with van der Waals surface area (Å²) in [6.07, 6.45) is 4.21. The monoisotopic (exact) mass is 281 g/mol. The summed E-state index contributed by atoms with van der Waals surface area (Å²) in [5.74, 6) is 0. The molecule has 1 atom stereocenters. The Labute approximate surface area is 121 Å². The Kier molecular flexibility index (Phi) is 4.88. The second-order valence-corrected chi connectivity index (χ2v) is 6.74. The van der Waals surface area contributed by atoms with Crippen LogP contribution in [0.4, 0.5) is 0 Å². The fourth-order valence-corrected chi connectivity index (χ4v) is 3.04. The molecule has 106 valence electrons. The predicted molar refractivity (Wildman–Crippen MR) is 80.6 cm³/mol. The molecule has 0 heterocycles. The van der Waals surface area contributed by atoms with Gasteiger partial charge in [-0.2, -0.15) is 0 Å². The molecule has 1 unspecified atom stereocenters. The first kappa shape index (κ1) is 14.8. The molecule has 1 aromatic rings. The number of halogens is 1. The Bertz CT molecular complexity index is 431. The number of benzene rings is 1. The maximum Gasteiger partial charge on any atom is 0.0431 e. The number of aliphatic hydroxyl groups is 1. The van der Waals surface area contributed by atoms with Crippen LogP contribution < -0.4 is 5.32 Å². The van der Waals surface area contributed by atoms with Crippen molar-refractivity contribution in [2.24, 2.45) is 5.41 Å². The summed E-state index contributed by atoms with van der Waals surface area (Å²) in [7, 11) is 0. The van der Waals surface area contributed by atoms with E-state index in [1.165, 1.54) is 11.1 Å². The van der Waals surface area contributed by atoms with Crippen LogP contribution in [0.3, 0.4) is 0 Å². The second-order valence-electron chi connectivity index (χ2n) is 6.31. The molecule has 1 aromatic carbocycles. The van der Waals surface area contributed by atoms with Crippen molar-refractivity contribution in [1.82, 2.24) is 5.32 Å². The van der Waals surface area contributed by atoms with Gasteiger partial charge in [-0.15, -0.1) is 0 Å². The average molecular weight is 282 g/mol. The van der Waals surface area contributed by atoms with E-state index in [2.05, 4.69) is 31.3 Å². The SMILES string of the molecule is CC(C)(CCCO)CNC1CCc2cc(Cl)ccc21. The van der Waals surface area contributed by atoms with Crippen molar-refractivity contribution >= 4 is 11.6 Å². The Balaban J connectivity index is 1.92. The number of aliphatic hydroxyl groups excluding tert-OH is 1. The molecule has 0 spiro atoms. The van der Waals surface area contributed by atoms with Gasteiger partial charge in [-0.3, -0.25) is 0 Å². The van der Waals surface area contributed by atoms with Gasteiger partial charge in [0.2, 0.25) is 0 Å². The van der Waals surface area contributed by atoms with Gasteiger partial charge in [0.1, 0.15) is 0 Å². The average Bonchev–Trinajstić information content (AvgIpc) is 2.76. The first-order valence-corrected chi connectivity index (χ1v) is 7.52. The third-order valence-corrected chi connectivity index (χ3v) is 4.26. The van der Waals surface area contributed by atoms with E-state index >= 15 is 0 Å². The lowest BCUT2D eigenvalue weighted by atomic mass is 9.87. The third-order valence-electron chi connectivity index (χ3n) is 4.02. The third kappa shape index (κ3) is 3.95. The van der Waals surface area contributed by atoms with Gasteiger partial charge in [-0.25, -0.2) is 0 Å². The fraction of sp³-hybridized carbons (Fsp3) is 0.625. The minimum absolute atomic E-state index is 0.234. The van der Waals surface area contributed by atoms with E-state index in [0.717, 1.165) is 37.3 Å². The van der Waals surface area contributed by atoms with E-state index in [1.807, 2.05) is 6.07 Å². The van der Waals surface area contributed by atoms with Crippen molar-refractivity contribution in [2.75, 3.05) is 13.2 Å². The molecule has 0 radical (unpaired) electrons. The molecule has 19 heavy (non-hydrogen) atoms. The zero-order valence-corrected chi connectivity index (χ0v) is 12.6. The number of rotatable bonds is 6. The molecule has 0 saturated carbocycles. The highest BCUT2D eigenvalue weighted by atomic mass is 35.5. The van der Waals surface area contributed by atoms with Gasteiger partial charge in [-0.05, 0) is 54.4 Å². The van der Waals surface area contributed by atoms with Gasteiger partial charge >= 0.3 is 0 Å². The summed E-state index contributed by atoms with van der Waals surface area (Å²) in [5.41, 5.74) is 3.03. The van der Waals surface area contributed by atoms with Gasteiger partial charge in [0, 0.05) is 24.2 Å². The maximum absolute atomic E-state index is 8.93. The highest BCUT2D eigenvalue weighted by Crippen LogP contribution is 2.33. The minimum atomic E-state index is 0.234. The highest BCUT2D eigenvalue weighted by Gasteiger charge is 2.25. The van der Waals surface area contributed by atoms with Crippen molar-refractivity contribution < 1.29 is 5.11 Å². The van der Waals surface area contributed by atoms with E-state index in [0.29, 0.717) is 6.04 Å². The topological polar surface area (TPSA) is 32.3 Å². The maximum atomic E-state index is 8.93. The van der Waals surface area contributed by atoms with E-state index in [-0.39, 0.29) is 12.0 Å². The van der Waals surface area contributed by atoms with E-state index in [9.17, 15) is 0 Å². The van der Waals surface area contributed by atoms with Crippen LogP contribution in [0.15, 0.2) is 18.2 Å². The molecule has 0 amide bonds. The van der Waals surface area contributed by atoms with Crippen LogP contribution in [-0.4, -0.2) is 18.3 Å².